The summed E-state index contributed by atoms with van der Waals surface area (Å²) in [6.45, 7) is 3.54. The average Bonchev–Trinajstić information content (AvgIpc) is 3.36. The SMILES string of the molecule is CCN(C(=O)[C@H](C)OC(=O)CCNC(=O)CCC(=O)c1cccs1)[C@H]1CCS(=O)(=O)C1. The van der Waals surface area contributed by atoms with E-state index < -0.39 is 33.9 Å². The number of amides is 2. The van der Waals surface area contributed by atoms with Gasteiger partial charge in [-0.05, 0) is 31.7 Å². The third-order valence-corrected chi connectivity index (χ3v) is 7.62. The molecule has 2 atom stereocenters. The Balaban J connectivity index is 1.69. The van der Waals surface area contributed by atoms with E-state index in [1.165, 1.54) is 23.2 Å². The molecule has 1 aromatic heterocycles. The van der Waals surface area contributed by atoms with Gasteiger partial charge in [0.25, 0.3) is 5.91 Å². The number of nitrogens with one attached hydrogen (secondary N) is 1. The van der Waals surface area contributed by atoms with E-state index in [2.05, 4.69) is 5.32 Å². The number of carbonyl (C=O) groups is 4. The van der Waals surface area contributed by atoms with Gasteiger partial charge in [0.1, 0.15) is 0 Å². The van der Waals surface area contributed by atoms with Gasteiger partial charge < -0.3 is 15.0 Å². The zero-order chi connectivity index (χ0) is 23.0. The third-order valence-electron chi connectivity index (χ3n) is 4.96. The number of ether oxygens (including phenoxy) is 1. The quantitative estimate of drug-likeness (QED) is 0.378. The topological polar surface area (TPSA) is 127 Å². The summed E-state index contributed by atoms with van der Waals surface area (Å²) in [7, 11) is -3.14. The predicted octanol–water partition coefficient (Wildman–Crippen LogP) is 1.18. The molecular weight excluding hydrogens is 444 g/mol. The van der Waals surface area contributed by atoms with E-state index in [-0.39, 0.29) is 49.0 Å². The van der Waals surface area contributed by atoms with Crippen LogP contribution in [0.1, 0.15) is 49.2 Å². The molecule has 1 N–H and O–H groups in total. The molecule has 172 valence electrons. The van der Waals surface area contributed by atoms with E-state index in [0.29, 0.717) is 17.8 Å². The number of likely N-dealkylation sites (N-methyl/N-ethyl adjacent to an activating group) is 1. The van der Waals surface area contributed by atoms with Gasteiger partial charge in [-0.1, -0.05) is 6.07 Å². The van der Waals surface area contributed by atoms with Crippen LogP contribution in [0.4, 0.5) is 0 Å². The number of Topliss-reactive ketones (excluding diaryl/α,β-unsaturated/α-hetero) is 1. The standard InChI is InChI=1S/C20H28N2O7S2/c1-3-22(15-9-12-31(27,28)13-15)20(26)14(2)29-19(25)8-10-21-18(24)7-6-16(23)17-5-4-11-30-17/h4-5,11,14-15H,3,6-10,12-13H2,1-2H3,(H,21,24)/t14-,15-/m0/s1. The first kappa shape index (κ1) is 25.0. The molecule has 0 aliphatic carbocycles. The Labute approximate surface area is 186 Å². The molecular formula is C20H28N2O7S2. The van der Waals surface area contributed by atoms with Crippen LogP contribution in [0.25, 0.3) is 0 Å². The highest BCUT2D eigenvalue weighted by Crippen LogP contribution is 2.19. The van der Waals surface area contributed by atoms with Gasteiger partial charge in [-0.2, -0.15) is 0 Å². The Morgan fingerprint density at radius 3 is 2.58 bits per heavy atom. The van der Waals surface area contributed by atoms with Crippen LogP contribution < -0.4 is 5.32 Å². The molecule has 0 spiro atoms. The molecule has 9 nitrogen and oxygen atoms in total. The van der Waals surface area contributed by atoms with Crippen molar-refractivity contribution in [3.05, 3.63) is 22.4 Å². The van der Waals surface area contributed by atoms with Gasteiger partial charge in [0.05, 0.1) is 22.8 Å². The second-order valence-corrected chi connectivity index (χ2v) is 10.5. The van der Waals surface area contributed by atoms with Gasteiger partial charge >= 0.3 is 5.97 Å². The molecule has 0 aromatic carbocycles. The second-order valence-electron chi connectivity index (χ2n) is 7.31. The summed E-state index contributed by atoms with van der Waals surface area (Å²) in [6, 6.07) is 3.07. The van der Waals surface area contributed by atoms with Crippen molar-refractivity contribution in [1.29, 1.82) is 0 Å². The van der Waals surface area contributed by atoms with E-state index in [9.17, 15) is 27.6 Å². The Morgan fingerprint density at radius 2 is 2.00 bits per heavy atom. The lowest BCUT2D eigenvalue weighted by atomic mass is 10.2. The fourth-order valence-electron chi connectivity index (χ4n) is 3.34. The summed E-state index contributed by atoms with van der Waals surface area (Å²) in [6.07, 6.45) is -0.673. The minimum absolute atomic E-state index is 0.0242. The molecule has 1 aromatic rings. The zero-order valence-electron chi connectivity index (χ0n) is 17.7. The number of hydrogen-bond donors (Lipinski definition) is 1. The van der Waals surface area contributed by atoms with Crippen molar-refractivity contribution in [2.45, 2.75) is 51.7 Å². The van der Waals surface area contributed by atoms with Crippen LogP contribution in [-0.2, 0) is 29.0 Å². The molecule has 0 radical (unpaired) electrons. The van der Waals surface area contributed by atoms with Crippen LogP contribution in [-0.4, -0.2) is 73.6 Å². The van der Waals surface area contributed by atoms with Crippen molar-refractivity contribution < 1.29 is 32.3 Å². The maximum Gasteiger partial charge on any atom is 0.308 e. The lowest BCUT2D eigenvalue weighted by Crippen LogP contribution is -2.46. The zero-order valence-corrected chi connectivity index (χ0v) is 19.3. The Hall–Kier alpha value is -2.27. The predicted molar refractivity (Wildman–Crippen MR) is 116 cm³/mol. The smallest absolute Gasteiger partial charge is 0.308 e. The Bertz CT molecular complexity index is 897. The monoisotopic (exact) mass is 472 g/mol. The van der Waals surface area contributed by atoms with E-state index in [0.717, 1.165) is 0 Å². The van der Waals surface area contributed by atoms with E-state index >= 15 is 0 Å². The van der Waals surface area contributed by atoms with Gasteiger partial charge in [-0.3, -0.25) is 19.2 Å². The number of rotatable bonds is 11. The van der Waals surface area contributed by atoms with Crippen LogP contribution in [0, 0.1) is 0 Å². The summed E-state index contributed by atoms with van der Waals surface area (Å²) in [5.41, 5.74) is 0. The first-order valence-electron chi connectivity index (χ1n) is 10.2. The molecule has 0 bridgehead atoms. The fraction of sp³-hybridized carbons (Fsp3) is 0.600. The third kappa shape index (κ3) is 7.73. The largest absolute Gasteiger partial charge is 0.452 e. The highest BCUT2D eigenvalue weighted by molar-refractivity contribution is 7.91. The Kier molecular flexibility index (Phi) is 9.17. The van der Waals surface area contributed by atoms with Crippen molar-refractivity contribution in [2.24, 2.45) is 0 Å². The second kappa shape index (κ2) is 11.4. The minimum Gasteiger partial charge on any atom is -0.452 e. The van der Waals surface area contributed by atoms with Crippen molar-refractivity contribution in [1.82, 2.24) is 10.2 Å². The van der Waals surface area contributed by atoms with Crippen molar-refractivity contribution >= 4 is 44.7 Å². The molecule has 1 saturated heterocycles. The summed E-state index contributed by atoms with van der Waals surface area (Å²) in [4.78, 5) is 50.3. The van der Waals surface area contributed by atoms with Crippen molar-refractivity contribution in [2.75, 3.05) is 24.6 Å². The normalized spacial score (nSPS) is 18.2. The molecule has 31 heavy (non-hydrogen) atoms. The molecule has 1 aliphatic rings. The summed E-state index contributed by atoms with van der Waals surface area (Å²) < 4.78 is 28.5. The fourth-order valence-corrected chi connectivity index (χ4v) is 5.76. The number of esters is 1. The first-order chi connectivity index (χ1) is 14.6. The lowest BCUT2D eigenvalue weighted by Gasteiger charge is -2.29. The summed E-state index contributed by atoms with van der Waals surface area (Å²) >= 11 is 1.32. The van der Waals surface area contributed by atoms with Gasteiger partial charge in [-0.25, -0.2) is 8.42 Å². The molecule has 2 amide bonds. The number of ketones is 1. The molecule has 0 unspecified atom stereocenters. The average molecular weight is 473 g/mol. The number of hydrogen-bond acceptors (Lipinski definition) is 8. The van der Waals surface area contributed by atoms with E-state index in [1.807, 2.05) is 0 Å². The van der Waals surface area contributed by atoms with Gasteiger partial charge in [-0.15, -0.1) is 11.3 Å². The first-order valence-corrected chi connectivity index (χ1v) is 12.9. The minimum atomic E-state index is -3.14. The number of nitrogens with zero attached hydrogens (tertiary/aromatic N) is 1. The Morgan fingerprint density at radius 1 is 1.26 bits per heavy atom. The molecule has 1 fully saturated rings. The summed E-state index contributed by atoms with van der Waals surface area (Å²) in [5, 5.41) is 4.35. The van der Waals surface area contributed by atoms with Crippen LogP contribution in [0.15, 0.2) is 17.5 Å². The number of thiophene rings is 1. The number of carbonyl (C=O) groups excluding carboxylic acids is 4. The maximum absolute atomic E-state index is 12.6. The molecule has 1 aliphatic heterocycles. The van der Waals surface area contributed by atoms with Gasteiger partial charge in [0, 0.05) is 32.0 Å². The lowest BCUT2D eigenvalue weighted by molar-refractivity contribution is -0.159. The van der Waals surface area contributed by atoms with E-state index in [1.54, 1.807) is 24.4 Å². The van der Waals surface area contributed by atoms with Crippen LogP contribution in [0.5, 0.6) is 0 Å². The van der Waals surface area contributed by atoms with Crippen molar-refractivity contribution in [3.8, 4) is 0 Å². The van der Waals surface area contributed by atoms with Crippen LogP contribution in [0.2, 0.25) is 0 Å². The van der Waals surface area contributed by atoms with Crippen LogP contribution in [0.3, 0.4) is 0 Å². The van der Waals surface area contributed by atoms with Gasteiger partial charge in [0.15, 0.2) is 21.7 Å². The van der Waals surface area contributed by atoms with Crippen molar-refractivity contribution in [3.63, 3.8) is 0 Å². The molecule has 2 heterocycles. The highest BCUT2D eigenvalue weighted by Gasteiger charge is 2.36. The maximum atomic E-state index is 12.6. The van der Waals surface area contributed by atoms with Crippen LogP contribution >= 0.6 is 11.3 Å². The molecule has 2 rings (SSSR count). The van der Waals surface area contributed by atoms with E-state index in [4.69, 9.17) is 4.74 Å². The highest BCUT2D eigenvalue weighted by atomic mass is 32.2. The number of sulfone groups is 1. The summed E-state index contributed by atoms with van der Waals surface area (Å²) in [5.74, 6) is -1.56. The molecule has 0 saturated carbocycles. The molecule has 11 heteroatoms. The van der Waals surface area contributed by atoms with Gasteiger partial charge in [0.2, 0.25) is 5.91 Å².